The number of benzene rings is 1. The van der Waals surface area contributed by atoms with E-state index in [1.807, 2.05) is 0 Å². The highest BCUT2D eigenvalue weighted by molar-refractivity contribution is 5.88. The number of aliphatic hydroxyl groups excluding tert-OH is 1. The quantitative estimate of drug-likeness (QED) is 0.622. The summed E-state index contributed by atoms with van der Waals surface area (Å²) in [5.41, 5.74) is 0.442. The van der Waals surface area contributed by atoms with Crippen LogP contribution in [-0.2, 0) is 24.0 Å². The van der Waals surface area contributed by atoms with E-state index in [4.69, 9.17) is 9.57 Å². The molecule has 3 atom stereocenters. The maximum Gasteiger partial charge on any atom is 0.328 e. The number of hydrogen-bond acceptors (Lipinski definition) is 6. The van der Waals surface area contributed by atoms with Crippen molar-refractivity contribution >= 4 is 17.8 Å². The molecule has 0 radical (unpaired) electrons. The normalized spacial score (nSPS) is 23.8. The van der Waals surface area contributed by atoms with E-state index in [2.05, 4.69) is 0 Å². The number of esters is 1. The molecular formula is C18H20N2O6. The third-order valence-electron chi connectivity index (χ3n) is 4.41. The summed E-state index contributed by atoms with van der Waals surface area (Å²) in [5.74, 6) is -1.43. The van der Waals surface area contributed by atoms with Crippen molar-refractivity contribution < 1.29 is 29.1 Å². The minimum absolute atomic E-state index is 0.129. The monoisotopic (exact) mass is 360 g/mol. The van der Waals surface area contributed by atoms with E-state index >= 15 is 0 Å². The molecule has 2 aliphatic heterocycles. The maximum absolute atomic E-state index is 12.5. The van der Waals surface area contributed by atoms with Gasteiger partial charge < -0.3 is 9.84 Å². The number of rotatable bonds is 4. The molecule has 26 heavy (non-hydrogen) atoms. The predicted octanol–water partition coefficient (Wildman–Crippen LogP) is 0.540. The summed E-state index contributed by atoms with van der Waals surface area (Å²) in [6.45, 7) is 0.129. The van der Waals surface area contributed by atoms with Gasteiger partial charge in [-0.15, -0.1) is 0 Å². The molecule has 0 saturated carbocycles. The Morgan fingerprint density at radius 1 is 1.31 bits per heavy atom. The van der Waals surface area contributed by atoms with Gasteiger partial charge in [0.15, 0.2) is 12.3 Å². The van der Waals surface area contributed by atoms with Gasteiger partial charge in [0.2, 0.25) is 5.91 Å². The van der Waals surface area contributed by atoms with Gasteiger partial charge in [0, 0.05) is 6.42 Å². The fourth-order valence-electron chi connectivity index (χ4n) is 3.07. The van der Waals surface area contributed by atoms with Gasteiger partial charge in [0.1, 0.15) is 6.04 Å². The molecule has 2 heterocycles. The first-order chi connectivity index (χ1) is 12.5. The fraction of sp³-hybridized carbons (Fsp3) is 0.389. The van der Waals surface area contributed by atoms with Crippen molar-refractivity contribution in [1.82, 2.24) is 9.96 Å². The molecule has 1 N–H and O–H groups in total. The summed E-state index contributed by atoms with van der Waals surface area (Å²) in [5, 5.41) is 11.3. The molecular weight excluding hydrogens is 340 g/mol. The van der Waals surface area contributed by atoms with Crippen LogP contribution in [0.3, 0.4) is 0 Å². The molecule has 3 rings (SSSR count). The second kappa shape index (κ2) is 7.67. The van der Waals surface area contributed by atoms with Crippen LogP contribution in [0.1, 0.15) is 24.5 Å². The first-order valence-electron chi connectivity index (χ1n) is 8.29. The Labute approximate surface area is 150 Å². The highest BCUT2D eigenvalue weighted by Crippen LogP contribution is 2.27. The first-order valence-corrected chi connectivity index (χ1v) is 8.29. The van der Waals surface area contributed by atoms with Crippen molar-refractivity contribution in [1.29, 1.82) is 0 Å². The molecule has 1 unspecified atom stereocenters. The molecule has 8 nitrogen and oxygen atoms in total. The lowest BCUT2D eigenvalue weighted by atomic mass is 10.1. The third kappa shape index (κ3) is 3.47. The van der Waals surface area contributed by atoms with E-state index in [0.29, 0.717) is 12.0 Å². The lowest BCUT2D eigenvalue weighted by Gasteiger charge is -2.36. The molecule has 2 amide bonds. The van der Waals surface area contributed by atoms with Crippen molar-refractivity contribution in [2.24, 2.45) is 0 Å². The van der Waals surface area contributed by atoms with Crippen LogP contribution in [0.2, 0.25) is 0 Å². The third-order valence-corrected chi connectivity index (χ3v) is 4.41. The summed E-state index contributed by atoms with van der Waals surface area (Å²) in [6.07, 6.45) is 1.51. The zero-order chi connectivity index (χ0) is 18.7. The van der Waals surface area contributed by atoms with Gasteiger partial charge in [-0.3, -0.25) is 14.5 Å². The molecule has 0 aliphatic carbocycles. The van der Waals surface area contributed by atoms with Crippen LogP contribution in [0, 0.1) is 0 Å². The van der Waals surface area contributed by atoms with Gasteiger partial charge in [-0.05, 0) is 18.1 Å². The Kier molecular flexibility index (Phi) is 5.34. The summed E-state index contributed by atoms with van der Waals surface area (Å²) in [6, 6.07) is 7.73. The fourth-order valence-corrected chi connectivity index (χ4v) is 3.07. The molecule has 8 heteroatoms. The number of hydrogen-bond donors (Lipinski definition) is 1. The van der Waals surface area contributed by atoms with Crippen LogP contribution in [0.5, 0.6) is 0 Å². The van der Waals surface area contributed by atoms with Crippen molar-refractivity contribution in [2.75, 3.05) is 13.7 Å². The number of hydroxylamine groups is 2. The standard InChI is InChI=1S/C18H20N2O6/c1-25-18(24)13-9-10-14(21)20(13)15-8-5-11-19(26-15)17(23)16(22)12-6-3-2-4-7-12/h2-8,13,15-16,22H,9-11H2,1H3/t13-,15?,16+/m0/s1. The minimum atomic E-state index is -1.38. The second-order valence-corrected chi connectivity index (χ2v) is 6.02. The van der Waals surface area contributed by atoms with E-state index < -0.39 is 30.3 Å². The number of amides is 2. The van der Waals surface area contributed by atoms with Crippen LogP contribution < -0.4 is 0 Å². The van der Waals surface area contributed by atoms with Crippen LogP contribution in [0.4, 0.5) is 0 Å². The number of methoxy groups -OCH3 is 1. The van der Waals surface area contributed by atoms with Crippen molar-refractivity contribution in [3.8, 4) is 0 Å². The number of carbonyl (C=O) groups excluding carboxylic acids is 3. The zero-order valence-electron chi connectivity index (χ0n) is 14.3. The van der Waals surface area contributed by atoms with E-state index in [0.717, 1.165) is 5.06 Å². The maximum atomic E-state index is 12.5. The molecule has 0 bridgehead atoms. The highest BCUT2D eigenvalue weighted by Gasteiger charge is 2.43. The first kappa shape index (κ1) is 18.1. The Morgan fingerprint density at radius 3 is 2.73 bits per heavy atom. The molecule has 1 aromatic rings. The molecule has 138 valence electrons. The Morgan fingerprint density at radius 2 is 2.04 bits per heavy atom. The lowest BCUT2D eigenvalue weighted by Crippen LogP contribution is -2.51. The molecule has 0 spiro atoms. The summed E-state index contributed by atoms with van der Waals surface area (Å²) in [7, 11) is 1.26. The van der Waals surface area contributed by atoms with Crippen molar-refractivity contribution in [3.63, 3.8) is 0 Å². The smallest absolute Gasteiger partial charge is 0.328 e. The highest BCUT2D eigenvalue weighted by atomic mass is 16.7. The largest absolute Gasteiger partial charge is 0.467 e. The van der Waals surface area contributed by atoms with E-state index in [1.54, 1.807) is 42.5 Å². The summed E-state index contributed by atoms with van der Waals surface area (Å²) >= 11 is 0. The Bertz CT molecular complexity index is 720. The van der Waals surface area contributed by atoms with E-state index in [9.17, 15) is 19.5 Å². The van der Waals surface area contributed by atoms with Gasteiger partial charge >= 0.3 is 5.97 Å². The predicted molar refractivity (Wildman–Crippen MR) is 89.0 cm³/mol. The average molecular weight is 360 g/mol. The molecule has 1 fully saturated rings. The number of ether oxygens (including phenoxy) is 1. The van der Waals surface area contributed by atoms with E-state index in [-0.39, 0.29) is 18.9 Å². The zero-order valence-corrected chi connectivity index (χ0v) is 14.3. The lowest BCUT2D eigenvalue weighted by molar-refractivity contribution is -0.232. The van der Waals surface area contributed by atoms with Crippen LogP contribution >= 0.6 is 0 Å². The molecule has 1 aromatic carbocycles. The van der Waals surface area contributed by atoms with Gasteiger partial charge in [0.05, 0.1) is 13.7 Å². The average Bonchev–Trinajstić information content (AvgIpc) is 3.08. The number of carbonyl (C=O) groups is 3. The van der Waals surface area contributed by atoms with E-state index in [1.165, 1.54) is 12.0 Å². The summed E-state index contributed by atoms with van der Waals surface area (Å²) in [4.78, 5) is 43.5. The number of likely N-dealkylation sites (tertiary alicyclic amines) is 1. The van der Waals surface area contributed by atoms with Crippen LogP contribution in [-0.4, -0.2) is 58.8 Å². The van der Waals surface area contributed by atoms with Crippen LogP contribution in [0.25, 0.3) is 0 Å². The Hall–Kier alpha value is -2.71. The van der Waals surface area contributed by atoms with Gasteiger partial charge in [-0.1, -0.05) is 36.4 Å². The van der Waals surface area contributed by atoms with Gasteiger partial charge in [0.25, 0.3) is 5.91 Å². The molecule has 0 aromatic heterocycles. The van der Waals surface area contributed by atoms with Crippen LogP contribution in [0.15, 0.2) is 42.5 Å². The number of nitrogens with zero attached hydrogens (tertiary/aromatic N) is 2. The molecule has 2 aliphatic rings. The second-order valence-electron chi connectivity index (χ2n) is 6.02. The molecule has 1 saturated heterocycles. The van der Waals surface area contributed by atoms with Crippen molar-refractivity contribution in [3.05, 3.63) is 48.0 Å². The SMILES string of the molecule is COC(=O)[C@@H]1CCC(=O)N1C1C=CCN(C(=O)[C@H](O)c2ccccc2)O1. The minimum Gasteiger partial charge on any atom is -0.467 e. The van der Waals surface area contributed by atoms with Gasteiger partial charge in [-0.2, -0.15) is 0 Å². The number of aliphatic hydroxyl groups is 1. The van der Waals surface area contributed by atoms with Gasteiger partial charge in [-0.25, -0.2) is 14.7 Å². The Balaban J connectivity index is 1.74. The summed E-state index contributed by atoms with van der Waals surface area (Å²) < 4.78 is 4.74. The van der Waals surface area contributed by atoms with Crippen molar-refractivity contribution in [2.45, 2.75) is 31.2 Å². The topological polar surface area (TPSA) is 96.4 Å².